The lowest BCUT2D eigenvalue weighted by Crippen LogP contribution is -2.41. The van der Waals surface area contributed by atoms with Gasteiger partial charge in [0.1, 0.15) is 0 Å². The molecule has 1 aliphatic heterocycles. The molecule has 1 rings (SSSR count). The highest BCUT2D eigenvalue weighted by Crippen LogP contribution is 2.19. The zero-order valence-corrected chi connectivity index (χ0v) is 8.61. The van der Waals surface area contributed by atoms with Crippen molar-refractivity contribution in [2.45, 2.75) is 38.1 Å². The van der Waals surface area contributed by atoms with E-state index in [0.717, 1.165) is 25.9 Å². The Balaban J connectivity index is 2.41. The SMILES string of the molecule is C=CCCN1CCCCC1CC(=O)O. The number of piperidine rings is 1. The summed E-state index contributed by atoms with van der Waals surface area (Å²) in [4.78, 5) is 12.9. The Hall–Kier alpha value is -0.830. The van der Waals surface area contributed by atoms with E-state index >= 15 is 0 Å². The summed E-state index contributed by atoms with van der Waals surface area (Å²) in [5, 5.41) is 8.76. The number of nitrogens with zero attached hydrogens (tertiary/aromatic N) is 1. The molecular weight excluding hydrogens is 178 g/mol. The molecule has 1 heterocycles. The summed E-state index contributed by atoms with van der Waals surface area (Å²) >= 11 is 0. The number of carboxylic acids is 1. The number of hydrogen-bond donors (Lipinski definition) is 1. The predicted octanol–water partition coefficient (Wildman–Crippen LogP) is 1.89. The van der Waals surface area contributed by atoms with Crippen LogP contribution in [0.5, 0.6) is 0 Å². The Bertz CT molecular complexity index is 203. The molecule has 1 atom stereocenters. The van der Waals surface area contributed by atoms with Gasteiger partial charge >= 0.3 is 5.97 Å². The molecule has 0 aromatic heterocycles. The molecule has 1 saturated heterocycles. The lowest BCUT2D eigenvalue weighted by Gasteiger charge is -2.34. The van der Waals surface area contributed by atoms with Gasteiger partial charge in [0, 0.05) is 12.6 Å². The van der Waals surface area contributed by atoms with Crippen molar-refractivity contribution >= 4 is 5.97 Å². The summed E-state index contributed by atoms with van der Waals surface area (Å²) in [6, 6.07) is 0.251. The maximum absolute atomic E-state index is 10.6. The molecule has 0 bridgehead atoms. The first-order valence-corrected chi connectivity index (χ1v) is 5.30. The third-order valence-corrected chi connectivity index (χ3v) is 2.78. The summed E-state index contributed by atoms with van der Waals surface area (Å²) in [6.07, 6.45) is 6.54. The zero-order chi connectivity index (χ0) is 10.4. The van der Waals surface area contributed by atoms with Gasteiger partial charge in [-0.3, -0.25) is 9.69 Å². The molecule has 1 N–H and O–H groups in total. The zero-order valence-electron chi connectivity index (χ0n) is 8.61. The summed E-state index contributed by atoms with van der Waals surface area (Å²) in [6.45, 7) is 5.70. The van der Waals surface area contributed by atoms with E-state index in [1.165, 1.54) is 12.8 Å². The summed E-state index contributed by atoms with van der Waals surface area (Å²) in [5.74, 6) is -0.680. The number of rotatable bonds is 5. The maximum Gasteiger partial charge on any atom is 0.304 e. The summed E-state index contributed by atoms with van der Waals surface area (Å²) in [7, 11) is 0. The van der Waals surface area contributed by atoms with E-state index in [4.69, 9.17) is 5.11 Å². The van der Waals surface area contributed by atoms with Gasteiger partial charge in [0.15, 0.2) is 0 Å². The Morgan fingerprint density at radius 3 is 3.00 bits per heavy atom. The molecule has 1 aliphatic rings. The van der Waals surface area contributed by atoms with E-state index in [-0.39, 0.29) is 12.5 Å². The van der Waals surface area contributed by atoms with Crippen LogP contribution >= 0.6 is 0 Å². The van der Waals surface area contributed by atoms with E-state index in [2.05, 4.69) is 11.5 Å². The van der Waals surface area contributed by atoms with Crippen LogP contribution < -0.4 is 0 Å². The largest absolute Gasteiger partial charge is 0.481 e. The van der Waals surface area contributed by atoms with Gasteiger partial charge in [-0.25, -0.2) is 0 Å². The third-order valence-electron chi connectivity index (χ3n) is 2.78. The van der Waals surface area contributed by atoms with E-state index in [1.807, 2.05) is 6.08 Å². The number of aliphatic carboxylic acids is 1. The molecule has 0 amide bonds. The van der Waals surface area contributed by atoms with E-state index in [0.29, 0.717) is 0 Å². The van der Waals surface area contributed by atoms with Crippen LogP contribution in [0.3, 0.4) is 0 Å². The Kier molecular flexibility index (Phi) is 4.66. The fourth-order valence-electron chi connectivity index (χ4n) is 2.04. The van der Waals surface area contributed by atoms with Crippen LogP contribution in [0.1, 0.15) is 32.1 Å². The molecular formula is C11H19NO2. The number of likely N-dealkylation sites (tertiary alicyclic amines) is 1. The average molecular weight is 197 g/mol. The molecule has 0 saturated carbocycles. The van der Waals surface area contributed by atoms with Gasteiger partial charge in [0.25, 0.3) is 0 Å². The van der Waals surface area contributed by atoms with Crippen LogP contribution in [0, 0.1) is 0 Å². The Labute approximate surface area is 85.4 Å². The lowest BCUT2D eigenvalue weighted by molar-refractivity contribution is -0.138. The fourth-order valence-corrected chi connectivity index (χ4v) is 2.04. The monoisotopic (exact) mass is 197 g/mol. The molecule has 3 nitrogen and oxygen atoms in total. The van der Waals surface area contributed by atoms with Crippen molar-refractivity contribution in [2.24, 2.45) is 0 Å². The molecule has 0 radical (unpaired) electrons. The molecule has 0 aromatic rings. The van der Waals surface area contributed by atoms with Crippen molar-refractivity contribution in [3.8, 4) is 0 Å². The average Bonchev–Trinajstić information content (AvgIpc) is 2.16. The van der Waals surface area contributed by atoms with Crippen LogP contribution in [-0.4, -0.2) is 35.1 Å². The molecule has 0 aliphatic carbocycles. The van der Waals surface area contributed by atoms with Crippen molar-refractivity contribution in [1.29, 1.82) is 0 Å². The van der Waals surface area contributed by atoms with Crippen molar-refractivity contribution in [1.82, 2.24) is 4.90 Å². The molecule has 80 valence electrons. The molecule has 1 fully saturated rings. The van der Waals surface area contributed by atoms with E-state index in [1.54, 1.807) is 0 Å². The first kappa shape index (κ1) is 11.2. The van der Waals surface area contributed by atoms with Gasteiger partial charge in [-0.15, -0.1) is 6.58 Å². The van der Waals surface area contributed by atoms with Crippen LogP contribution in [-0.2, 0) is 4.79 Å². The highest BCUT2D eigenvalue weighted by molar-refractivity contribution is 5.67. The second-order valence-corrected chi connectivity index (χ2v) is 3.86. The fraction of sp³-hybridized carbons (Fsp3) is 0.727. The van der Waals surface area contributed by atoms with E-state index < -0.39 is 5.97 Å². The lowest BCUT2D eigenvalue weighted by atomic mass is 9.99. The van der Waals surface area contributed by atoms with Gasteiger partial charge in [0.05, 0.1) is 6.42 Å². The topological polar surface area (TPSA) is 40.5 Å². The van der Waals surface area contributed by atoms with Crippen molar-refractivity contribution in [2.75, 3.05) is 13.1 Å². The smallest absolute Gasteiger partial charge is 0.304 e. The third kappa shape index (κ3) is 3.50. The minimum absolute atomic E-state index is 0.251. The Morgan fingerprint density at radius 1 is 1.57 bits per heavy atom. The summed E-state index contributed by atoms with van der Waals surface area (Å²) < 4.78 is 0. The first-order chi connectivity index (χ1) is 6.74. The minimum Gasteiger partial charge on any atom is -0.481 e. The number of hydrogen-bond acceptors (Lipinski definition) is 2. The van der Waals surface area contributed by atoms with Gasteiger partial charge in [0.2, 0.25) is 0 Å². The molecule has 3 heteroatoms. The number of carbonyl (C=O) groups is 1. The highest BCUT2D eigenvalue weighted by Gasteiger charge is 2.23. The quantitative estimate of drug-likeness (QED) is 0.684. The molecule has 0 spiro atoms. The Morgan fingerprint density at radius 2 is 2.36 bits per heavy atom. The van der Waals surface area contributed by atoms with E-state index in [9.17, 15) is 4.79 Å². The normalized spacial score (nSPS) is 23.3. The summed E-state index contributed by atoms with van der Waals surface area (Å²) in [5.41, 5.74) is 0. The van der Waals surface area contributed by atoms with Crippen molar-refractivity contribution in [3.05, 3.63) is 12.7 Å². The first-order valence-electron chi connectivity index (χ1n) is 5.30. The van der Waals surface area contributed by atoms with Crippen LogP contribution in [0.15, 0.2) is 12.7 Å². The standard InChI is InChI=1S/C11H19NO2/c1-2-3-7-12-8-5-4-6-10(12)9-11(13)14/h2,10H,1,3-9H2,(H,13,14). The van der Waals surface area contributed by atoms with Crippen LogP contribution in [0.2, 0.25) is 0 Å². The van der Waals surface area contributed by atoms with Gasteiger partial charge in [-0.05, 0) is 25.8 Å². The molecule has 14 heavy (non-hydrogen) atoms. The van der Waals surface area contributed by atoms with Gasteiger partial charge in [-0.2, -0.15) is 0 Å². The predicted molar refractivity (Wildman–Crippen MR) is 56.3 cm³/mol. The minimum atomic E-state index is -0.680. The second kappa shape index (κ2) is 5.81. The van der Waals surface area contributed by atoms with Crippen molar-refractivity contribution < 1.29 is 9.90 Å². The van der Waals surface area contributed by atoms with Crippen molar-refractivity contribution in [3.63, 3.8) is 0 Å². The maximum atomic E-state index is 10.6. The molecule has 0 aromatic carbocycles. The second-order valence-electron chi connectivity index (χ2n) is 3.86. The highest BCUT2D eigenvalue weighted by atomic mass is 16.4. The van der Waals surface area contributed by atoms with Crippen LogP contribution in [0.4, 0.5) is 0 Å². The van der Waals surface area contributed by atoms with Crippen LogP contribution in [0.25, 0.3) is 0 Å². The molecule has 1 unspecified atom stereocenters. The van der Waals surface area contributed by atoms with Gasteiger partial charge < -0.3 is 5.11 Å². The number of carboxylic acid groups (broad SMARTS) is 1. The van der Waals surface area contributed by atoms with Gasteiger partial charge in [-0.1, -0.05) is 12.5 Å².